The Bertz CT molecular complexity index is 507. The molecule has 1 aromatic carbocycles. The topological polar surface area (TPSA) is 93.2 Å². The maximum atomic E-state index is 11.3. The van der Waals surface area contributed by atoms with Crippen LogP contribution in [0, 0.1) is 21.4 Å². The zero-order chi connectivity index (χ0) is 12.3. The highest BCUT2D eigenvalue weighted by molar-refractivity contribution is 6.32. The first-order valence-corrected chi connectivity index (χ1v) is 4.36. The van der Waals surface area contributed by atoms with Crippen molar-refractivity contribution < 1.29 is 14.5 Å². The third kappa shape index (κ3) is 1.94. The molecule has 6 nitrogen and oxygen atoms in total. The lowest BCUT2D eigenvalue weighted by Gasteiger charge is -2.04. The normalized spacial score (nSPS) is 9.31. The zero-order valence-electron chi connectivity index (χ0n) is 8.06. The number of hydrogen-bond donors (Lipinski definition) is 0. The third-order valence-corrected chi connectivity index (χ3v) is 2.15. The summed E-state index contributed by atoms with van der Waals surface area (Å²) in [5, 5.41) is 19.4. The van der Waals surface area contributed by atoms with Crippen LogP contribution in [0.3, 0.4) is 0 Å². The summed E-state index contributed by atoms with van der Waals surface area (Å²) < 4.78 is 4.37. The van der Waals surface area contributed by atoms with Crippen molar-refractivity contribution in [3.8, 4) is 6.07 Å². The van der Waals surface area contributed by atoms with E-state index in [9.17, 15) is 14.9 Å². The minimum Gasteiger partial charge on any atom is -0.465 e. The number of ether oxygens (including phenoxy) is 1. The van der Waals surface area contributed by atoms with Gasteiger partial charge < -0.3 is 4.74 Å². The van der Waals surface area contributed by atoms with Gasteiger partial charge >= 0.3 is 5.97 Å². The lowest BCUT2D eigenvalue weighted by atomic mass is 10.1. The van der Waals surface area contributed by atoms with Crippen LogP contribution in [-0.2, 0) is 4.74 Å². The Labute approximate surface area is 95.2 Å². The van der Waals surface area contributed by atoms with E-state index in [2.05, 4.69) is 4.74 Å². The molecule has 0 aliphatic carbocycles. The number of methoxy groups -OCH3 is 1. The van der Waals surface area contributed by atoms with Gasteiger partial charge in [0.25, 0.3) is 5.69 Å². The molecule has 0 aromatic heterocycles. The maximum absolute atomic E-state index is 11.3. The molecule has 7 heteroatoms. The second kappa shape index (κ2) is 4.59. The van der Waals surface area contributed by atoms with Gasteiger partial charge in [-0.2, -0.15) is 5.26 Å². The van der Waals surface area contributed by atoms with Crippen LogP contribution in [0.15, 0.2) is 12.1 Å². The predicted octanol–water partition coefficient (Wildman–Crippen LogP) is 1.91. The fourth-order valence-corrected chi connectivity index (χ4v) is 1.34. The van der Waals surface area contributed by atoms with Gasteiger partial charge in [0.15, 0.2) is 5.56 Å². The monoisotopic (exact) mass is 240 g/mol. The van der Waals surface area contributed by atoms with Gasteiger partial charge in [0.2, 0.25) is 0 Å². The standard InChI is InChI=1S/C9H5ClN2O4/c1-16-9(13)8-5(4-11)6(10)2-3-7(8)12(14)15/h2-3H,1H3. The fourth-order valence-electron chi connectivity index (χ4n) is 1.14. The van der Waals surface area contributed by atoms with Crippen LogP contribution >= 0.6 is 11.6 Å². The number of carbonyl (C=O) groups is 1. The number of nitro groups is 1. The molecule has 0 aliphatic heterocycles. The van der Waals surface area contributed by atoms with Crippen LogP contribution in [0.4, 0.5) is 5.69 Å². The van der Waals surface area contributed by atoms with Crippen molar-refractivity contribution in [2.45, 2.75) is 0 Å². The maximum Gasteiger partial charge on any atom is 0.346 e. The molecule has 0 fully saturated rings. The first kappa shape index (κ1) is 11.9. The molecule has 0 saturated carbocycles. The van der Waals surface area contributed by atoms with Gasteiger partial charge in [0.05, 0.1) is 22.6 Å². The summed E-state index contributed by atoms with van der Waals surface area (Å²) in [7, 11) is 1.06. The molecule has 0 bridgehead atoms. The van der Waals surface area contributed by atoms with E-state index < -0.39 is 22.1 Å². The Morgan fingerprint density at radius 2 is 2.25 bits per heavy atom. The number of rotatable bonds is 2. The highest BCUT2D eigenvalue weighted by atomic mass is 35.5. The molecule has 0 saturated heterocycles. The van der Waals surface area contributed by atoms with Crippen LogP contribution in [0.2, 0.25) is 5.02 Å². The summed E-state index contributed by atoms with van der Waals surface area (Å²) in [5.74, 6) is -0.967. The van der Waals surface area contributed by atoms with E-state index in [1.807, 2.05) is 0 Å². The molecular formula is C9H5ClN2O4. The van der Waals surface area contributed by atoms with Crippen molar-refractivity contribution in [2.24, 2.45) is 0 Å². The number of benzene rings is 1. The molecule has 0 unspecified atom stereocenters. The fraction of sp³-hybridized carbons (Fsp3) is 0.111. The molecule has 1 aromatic rings. The summed E-state index contributed by atoms with van der Waals surface area (Å²) >= 11 is 5.65. The predicted molar refractivity (Wildman–Crippen MR) is 54.2 cm³/mol. The molecule has 0 amide bonds. The first-order chi connectivity index (χ1) is 7.52. The van der Waals surface area contributed by atoms with Crippen LogP contribution < -0.4 is 0 Å². The summed E-state index contributed by atoms with van der Waals surface area (Å²) in [5.41, 5.74) is -1.20. The van der Waals surface area contributed by atoms with E-state index in [0.29, 0.717) is 0 Å². The molecule has 16 heavy (non-hydrogen) atoms. The SMILES string of the molecule is COC(=O)c1c([N+](=O)[O-])ccc(Cl)c1C#N. The van der Waals surface area contributed by atoms with Gasteiger partial charge in [-0.15, -0.1) is 0 Å². The molecule has 0 spiro atoms. The number of esters is 1. The highest BCUT2D eigenvalue weighted by Gasteiger charge is 2.26. The van der Waals surface area contributed by atoms with E-state index in [1.54, 1.807) is 6.07 Å². The molecule has 1 rings (SSSR count). The second-order valence-electron chi connectivity index (χ2n) is 2.68. The number of carbonyl (C=O) groups excluding carboxylic acids is 1. The minimum atomic E-state index is -0.967. The zero-order valence-corrected chi connectivity index (χ0v) is 8.82. The van der Waals surface area contributed by atoms with E-state index in [-0.39, 0.29) is 10.6 Å². The Hall–Kier alpha value is -2.13. The number of nitro benzene ring substituents is 1. The number of nitriles is 1. The van der Waals surface area contributed by atoms with Crippen LogP contribution in [0.1, 0.15) is 15.9 Å². The first-order valence-electron chi connectivity index (χ1n) is 3.98. The van der Waals surface area contributed by atoms with Crippen molar-refractivity contribution in [3.63, 3.8) is 0 Å². The van der Waals surface area contributed by atoms with E-state index >= 15 is 0 Å². The largest absolute Gasteiger partial charge is 0.465 e. The van der Waals surface area contributed by atoms with Crippen molar-refractivity contribution >= 4 is 23.3 Å². The van der Waals surface area contributed by atoms with Gasteiger partial charge in [-0.3, -0.25) is 10.1 Å². The minimum absolute atomic E-state index is 0.0338. The smallest absolute Gasteiger partial charge is 0.346 e. The van der Waals surface area contributed by atoms with Gasteiger partial charge in [-0.25, -0.2) is 4.79 Å². The molecule has 0 heterocycles. The van der Waals surface area contributed by atoms with Crippen molar-refractivity contribution in [1.82, 2.24) is 0 Å². The summed E-state index contributed by atoms with van der Waals surface area (Å²) in [6.07, 6.45) is 0. The molecule has 0 N–H and O–H groups in total. The Morgan fingerprint density at radius 1 is 1.62 bits per heavy atom. The summed E-state index contributed by atoms with van der Waals surface area (Å²) in [4.78, 5) is 21.2. The molecule has 0 aliphatic rings. The van der Waals surface area contributed by atoms with E-state index in [1.165, 1.54) is 6.07 Å². The van der Waals surface area contributed by atoms with Gasteiger partial charge in [-0.05, 0) is 6.07 Å². The van der Waals surface area contributed by atoms with Gasteiger partial charge in [0.1, 0.15) is 6.07 Å². The quantitative estimate of drug-likeness (QED) is 0.447. The Kier molecular flexibility index (Phi) is 3.43. The van der Waals surface area contributed by atoms with Gasteiger partial charge in [0, 0.05) is 6.07 Å². The number of nitrogens with zero attached hydrogens (tertiary/aromatic N) is 2. The third-order valence-electron chi connectivity index (χ3n) is 1.83. The summed E-state index contributed by atoms with van der Waals surface area (Å²) in [6, 6.07) is 3.87. The van der Waals surface area contributed by atoms with Crippen molar-refractivity contribution in [1.29, 1.82) is 5.26 Å². The Morgan fingerprint density at radius 3 is 2.69 bits per heavy atom. The van der Waals surface area contributed by atoms with Crippen molar-refractivity contribution in [2.75, 3.05) is 7.11 Å². The van der Waals surface area contributed by atoms with E-state index in [4.69, 9.17) is 16.9 Å². The Balaban J connectivity index is 3.62. The molecular weight excluding hydrogens is 236 g/mol. The van der Waals surface area contributed by atoms with E-state index in [0.717, 1.165) is 13.2 Å². The number of halogens is 1. The molecule has 0 radical (unpaired) electrons. The van der Waals surface area contributed by atoms with Crippen LogP contribution in [0.5, 0.6) is 0 Å². The van der Waals surface area contributed by atoms with Crippen LogP contribution in [0.25, 0.3) is 0 Å². The summed E-state index contributed by atoms with van der Waals surface area (Å²) in [6.45, 7) is 0. The van der Waals surface area contributed by atoms with Gasteiger partial charge in [-0.1, -0.05) is 11.6 Å². The molecule has 0 atom stereocenters. The highest BCUT2D eigenvalue weighted by Crippen LogP contribution is 2.28. The second-order valence-corrected chi connectivity index (χ2v) is 3.08. The lowest BCUT2D eigenvalue weighted by Crippen LogP contribution is -2.08. The molecule has 82 valence electrons. The average Bonchev–Trinajstić information content (AvgIpc) is 2.27. The lowest BCUT2D eigenvalue weighted by molar-refractivity contribution is -0.385. The average molecular weight is 241 g/mol. The number of hydrogen-bond acceptors (Lipinski definition) is 5. The van der Waals surface area contributed by atoms with Crippen molar-refractivity contribution in [3.05, 3.63) is 38.4 Å². The van der Waals surface area contributed by atoms with Crippen LogP contribution in [-0.4, -0.2) is 18.0 Å².